The van der Waals surface area contributed by atoms with E-state index in [0.29, 0.717) is 22.0 Å². The van der Waals surface area contributed by atoms with Crippen LogP contribution in [0.3, 0.4) is 0 Å². The number of nitrogens with two attached hydrogens (primary N) is 1. The molecular weight excluding hydrogens is 343 g/mol. The number of anilines is 1. The van der Waals surface area contributed by atoms with Crippen molar-refractivity contribution in [2.75, 3.05) is 5.73 Å². The van der Waals surface area contributed by atoms with E-state index in [0.717, 1.165) is 40.6 Å². The van der Waals surface area contributed by atoms with Gasteiger partial charge in [-0.1, -0.05) is 47.7 Å². The van der Waals surface area contributed by atoms with Crippen molar-refractivity contribution >= 4 is 40.1 Å². The van der Waals surface area contributed by atoms with Crippen LogP contribution in [-0.2, 0) is 0 Å². The molecule has 0 spiro atoms. The van der Waals surface area contributed by atoms with Crippen LogP contribution in [0.5, 0.6) is 0 Å². The van der Waals surface area contributed by atoms with Gasteiger partial charge >= 0.3 is 0 Å². The molecule has 124 valence electrons. The first kappa shape index (κ1) is 15.7. The Bertz CT molecular complexity index is 926. The van der Waals surface area contributed by atoms with E-state index < -0.39 is 0 Å². The highest BCUT2D eigenvalue weighted by Gasteiger charge is 2.28. The fraction of sp³-hybridized carbons (Fsp3) is 0.333. The highest BCUT2D eigenvalue weighted by atomic mass is 35.5. The molecule has 1 aromatic carbocycles. The summed E-state index contributed by atoms with van der Waals surface area (Å²) in [6.07, 6.45) is 6.13. The van der Waals surface area contributed by atoms with Crippen molar-refractivity contribution in [2.45, 2.75) is 38.6 Å². The van der Waals surface area contributed by atoms with Crippen molar-refractivity contribution in [1.29, 1.82) is 0 Å². The number of hydrogen-bond donors (Lipinski definition) is 1. The van der Waals surface area contributed by atoms with Crippen molar-refractivity contribution < 1.29 is 0 Å². The molecule has 0 unspecified atom stereocenters. The summed E-state index contributed by atoms with van der Waals surface area (Å²) >= 11 is 13.3. The van der Waals surface area contributed by atoms with E-state index in [4.69, 9.17) is 28.9 Å². The average Bonchev–Trinajstić information content (AvgIpc) is 3.16. The quantitative estimate of drug-likeness (QED) is 0.664. The lowest BCUT2D eigenvalue weighted by atomic mass is 10.0. The Kier molecular flexibility index (Phi) is 3.89. The molecule has 0 atom stereocenters. The molecule has 3 aromatic rings. The van der Waals surface area contributed by atoms with Gasteiger partial charge in [0.25, 0.3) is 0 Å². The van der Waals surface area contributed by atoms with E-state index in [1.807, 2.05) is 25.1 Å². The predicted molar refractivity (Wildman–Crippen MR) is 99.6 cm³/mol. The number of nitrogens with zero attached hydrogens (tertiary/aromatic N) is 3. The van der Waals surface area contributed by atoms with Crippen LogP contribution in [0.2, 0.25) is 10.2 Å². The molecule has 0 aliphatic heterocycles. The summed E-state index contributed by atoms with van der Waals surface area (Å²) in [6, 6.07) is 6.26. The summed E-state index contributed by atoms with van der Waals surface area (Å²) in [4.78, 5) is 8.67. The molecule has 6 heteroatoms. The van der Waals surface area contributed by atoms with Crippen LogP contribution >= 0.6 is 23.2 Å². The lowest BCUT2D eigenvalue weighted by Crippen LogP contribution is -2.05. The van der Waals surface area contributed by atoms with Crippen LogP contribution in [0, 0.1) is 6.92 Å². The van der Waals surface area contributed by atoms with Crippen molar-refractivity contribution in [3.8, 4) is 11.1 Å². The Morgan fingerprint density at radius 3 is 2.67 bits per heavy atom. The summed E-state index contributed by atoms with van der Waals surface area (Å²) in [7, 11) is 0. The topological polar surface area (TPSA) is 56.7 Å². The zero-order valence-corrected chi connectivity index (χ0v) is 14.9. The lowest BCUT2D eigenvalue weighted by Gasteiger charge is -2.14. The molecular formula is C18H18Cl2N4. The van der Waals surface area contributed by atoms with Crippen LogP contribution < -0.4 is 5.73 Å². The van der Waals surface area contributed by atoms with Gasteiger partial charge in [-0.15, -0.1) is 0 Å². The van der Waals surface area contributed by atoms with Crippen molar-refractivity contribution in [3.05, 3.63) is 40.3 Å². The Labute approximate surface area is 150 Å². The Balaban J connectivity index is 2.08. The number of aryl methyl sites for hydroxylation is 1. The molecule has 24 heavy (non-hydrogen) atoms. The van der Waals surface area contributed by atoms with E-state index >= 15 is 0 Å². The molecule has 2 aromatic heterocycles. The van der Waals surface area contributed by atoms with E-state index in [2.05, 4.69) is 14.5 Å². The third-order valence-electron chi connectivity index (χ3n) is 4.83. The predicted octanol–water partition coefficient (Wildman–Crippen LogP) is 5.41. The number of aromatic nitrogens is 3. The zero-order chi connectivity index (χ0) is 16.8. The second-order valence-corrected chi connectivity index (χ2v) is 7.18. The number of hydrogen-bond acceptors (Lipinski definition) is 3. The molecule has 0 bridgehead atoms. The smallest absolute Gasteiger partial charge is 0.147 e. The molecule has 2 N–H and O–H groups in total. The number of nitrogen functional groups attached to an aromatic ring is 1. The highest BCUT2D eigenvalue weighted by molar-refractivity contribution is 6.38. The minimum absolute atomic E-state index is 0.353. The fourth-order valence-electron chi connectivity index (χ4n) is 3.70. The van der Waals surface area contributed by atoms with Gasteiger partial charge in [0.1, 0.15) is 22.9 Å². The molecule has 1 aliphatic carbocycles. The number of halogens is 2. The summed E-state index contributed by atoms with van der Waals surface area (Å²) in [5.74, 6) is 0.436. The first-order chi connectivity index (χ1) is 11.6. The molecule has 2 heterocycles. The standard InChI is InChI=1S/C18H18Cl2N4/c1-10-6-7-13(19)12(8-10)14-15-17(21)22-9-23-18(15)24(16(14)20)11-4-2-3-5-11/h6-9,11H,2-5H2,1H3,(H2,21,22,23). The van der Waals surface area contributed by atoms with Crippen molar-refractivity contribution in [1.82, 2.24) is 14.5 Å². The van der Waals surface area contributed by atoms with Gasteiger partial charge in [-0.25, -0.2) is 9.97 Å². The summed E-state index contributed by atoms with van der Waals surface area (Å²) < 4.78 is 2.12. The second-order valence-electron chi connectivity index (χ2n) is 6.41. The Morgan fingerprint density at radius 1 is 1.17 bits per heavy atom. The van der Waals surface area contributed by atoms with Crippen LogP contribution in [0.15, 0.2) is 24.5 Å². The molecule has 1 saturated carbocycles. The molecule has 1 fully saturated rings. The van der Waals surface area contributed by atoms with Gasteiger partial charge in [-0.05, 0) is 31.9 Å². The number of benzene rings is 1. The third-order valence-corrected chi connectivity index (χ3v) is 5.53. The monoisotopic (exact) mass is 360 g/mol. The number of fused-ring (bicyclic) bond motifs is 1. The average molecular weight is 361 g/mol. The van der Waals surface area contributed by atoms with Crippen LogP contribution in [0.1, 0.15) is 37.3 Å². The molecule has 0 radical (unpaired) electrons. The van der Waals surface area contributed by atoms with Crippen molar-refractivity contribution in [2.24, 2.45) is 0 Å². The Hall–Kier alpha value is -1.78. The van der Waals surface area contributed by atoms with Crippen LogP contribution in [0.25, 0.3) is 22.2 Å². The minimum Gasteiger partial charge on any atom is -0.383 e. The van der Waals surface area contributed by atoms with Crippen LogP contribution in [0.4, 0.5) is 5.82 Å². The maximum Gasteiger partial charge on any atom is 0.147 e. The highest BCUT2D eigenvalue weighted by Crippen LogP contribution is 2.46. The van der Waals surface area contributed by atoms with E-state index in [1.165, 1.54) is 19.2 Å². The second kappa shape index (κ2) is 5.94. The number of rotatable bonds is 2. The molecule has 1 aliphatic rings. The van der Waals surface area contributed by atoms with E-state index in [1.54, 1.807) is 0 Å². The van der Waals surface area contributed by atoms with Gasteiger partial charge in [0.15, 0.2) is 0 Å². The molecule has 0 amide bonds. The van der Waals surface area contributed by atoms with E-state index in [-0.39, 0.29) is 0 Å². The lowest BCUT2D eigenvalue weighted by molar-refractivity contribution is 0.533. The molecule has 4 rings (SSSR count). The largest absolute Gasteiger partial charge is 0.383 e. The maximum absolute atomic E-state index is 6.84. The summed E-state index contributed by atoms with van der Waals surface area (Å²) in [5, 5.41) is 2.09. The van der Waals surface area contributed by atoms with Crippen LogP contribution in [-0.4, -0.2) is 14.5 Å². The molecule has 4 nitrogen and oxygen atoms in total. The summed E-state index contributed by atoms with van der Waals surface area (Å²) in [5.41, 5.74) is 9.83. The van der Waals surface area contributed by atoms with Gasteiger partial charge in [-0.2, -0.15) is 0 Å². The Morgan fingerprint density at radius 2 is 1.92 bits per heavy atom. The van der Waals surface area contributed by atoms with Gasteiger partial charge in [0.2, 0.25) is 0 Å². The van der Waals surface area contributed by atoms with E-state index in [9.17, 15) is 0 Å². The zero-order valence-electron chi connectivity index (χ0n) is 13.4. The van der Waals surface area contributed by atoms with Gasteiger partial charge in [0, 0.05) is 22.2 Å². The first-order valence-corrected chi connectivity index (χ1v) is 8.90. The fourth-order valence-corrected chi connectivity index (χ4v) is 4.33. The van der Waals surface area contributed by atoms with Crippen molar-refractivity contribution in [3.63, 3.8) is 0 Å². The first-order valence-electron chi connectivity index (χ1n) is 8.14. The van der Waals surface area contributed by atoms with Gasteiger partial charge < -0.3 is 10.3 Å². The third kappa shape index (κ3) is 2.36. The van der Waals surface area contributed by atoms with Gasteiger partial charge in [-0.3, -0.25) is 0 Å². The van der Waals surface area contributed by atoms with Gasteiger partial charge in [0.05, 0.1) is 5.39 Å². The molecule has 0 saturated heterocycles. The normalized spacial score (nSPS) is 15.5. The summed E-state index contributed by atoms with van der Waals surface area (Å²) in [6.45, 7) is 2.03. The maximum atomic E-state index is 6.84. The minimum atomic E-state index is 0.353. The SMILES string of the molecule is Cc1ccc(Cl)c(-c2c(Cl)n(C3CCCC3)c3ncnc(N)c23)c1.